The van der Waals surface area contributed by atoms with Gasteiger partial charge in [0, 0.05) is 24.5 Å². The summed E-state index contributed by atoms with van der Waals surface area (Å²) >= 11 is 3.45. The van der Waals surface area contributed by atoms with Gasteiger partial charge in [-0.05, 0) is 23.6 Å². The van der Waals surface area contributed by atoms with Gasteiger partial charge in [0.1, 0.15) is 11.9 Å². The van der Waals surface area contributed by atoms with Crippen LogP contribution in [-0.4, -0.2) is 73.0 Å². The Morgan fingerprint density at radius 3 is 2.61 bits per heavy atom. The van der Waals surface area contributed by atoms with E-state index in [2.05, 4.69) is 31.2 Å². The second-order valence-electron chi connectivity index (χ2n) is 8.27. The highest BCUT2D eigenvalue weighted by Gasteiger charge is 2.41. The summed E-state index contributed by atoms with van der Waals surface area (Å²) in [6.07, 6.45) is 1.56. The zero-order valence-corrected chi connectivity index (χ0v) is 20.9. The van der Waals surface area contributed by atoms with Crippen LogP contribution in [0.2, 0.25) is 0 Å². The Morgan fingerprint density at radius 1 is 1.24 bits per heavy atom. The molecule has 9 nitrogen and oxygen atoms in total. The number of carbonyl (C=O) groups excluding carboxylic acids is 2. The number of nitrogens with one attached hydrogen (secondary N) is 2. The largest absolute Gasteiger partial charge is 0.453 e. The Balaban J connectivity index is 1.85. The molecular weight excluding hydrogens is 492 g/mol. The summed E-state index contributed by atoms with van der Waals surface area (Å²) in [5.74, 6) is 0.361. The second-order valence-corrected chi connectivity index (χ2v) is 9.19. The smallest absolute Gasteiger partial charge is 0.407 e. The molecule has 0 spiro atoms. The maximum atomic E-state index is 13.5. The maximum Gasteiger partial charge on any atom is 0.407 e. The standard InChI is InChI=1S/C23H31BrN4O5/c1-14(2)20(27-23(30)32-4)22(29)28-13-17(33-10-9-31-3)11-19(28)21-25-12-18(26-21)15-5-7-16(24)8-6-15/h5-8,12,14,17,19-20H,9-11,13H2,1-4H3,(H,25,26)(H,27,30). The van der Waals surface area contributed by atoms with Crippen molar-refractivity contribution in [3.05, 3.63) is 40.8 Å². The third-order valence-electron chi connectivity index (χ3n) is 5.64. The molecule has 3 rings (SSSR count). The predicted octanol–water partition coefficient (Wildman–Crippen LogP) is 3.52. The van der Waals surface area contributed by atoms with Crippen LogP contribution < -0.4 is 5.32 Å². The lowest BCUT2D eigenvalue weighted by molar-refractivity contribution is -0.136. The van der Waals surface area contributed by atoms with Crippen molar-refractivity contribution in [2.24, 2.45) is 5.92 Å². The van der Waals surface area contributed by atoms with Gasteiger partial charge in [-0.3, -0.25) is 4.79 Å². The van der Waals surface area contributed by atoms with Gasteiger partial charge in [-0.25, -0.2) is 9.78 Å². The molecule has 1 aromatic heterocycles. The Kier molecular flexibility index (Phi) is 8.87. The van der Waals surface area contributed by atoms with Crippen LogP contribution in [0.5, 0.6) is 0 Å². The van der Waals surface area contributed by atoms with Gasteiger partial charge in [-0.2, -0.15) is 0 Å². The molecule has 0 aliphatic carbocycles. The van der Waals surface area contributed by atoms with Crippen LogP contribution >= 0.6 is 15.9 Å². The number of carbonyl (C=O) groups is 2. The molecule has 2 aromatic rings. The molecule has 1 aliphatic heterocycles. The Morgan fingerprint density at radius 2 is 1.97 bits per heavy atom. The molecule has 1 fully saturated rings. The molecule has 2 amide bonds. The lowest BCUT2D eigenvalue weighted by Gasteiger charge is -2.29. The molecule has 0 saturated carbocycles. The first kappa shape index (κ1) is 25.2. The van der Waals surface area contributed by atoms with E-state index in [4.69, 9.17) is 14.2 Å². The number of aromatic nitrogens is 2. The highest BCUT2D eigenvalue weighted by molar-refractivity contribution is 9.10. The van der Waals surface area contributed by atoms with Gasteiger partial charge < -0.3 is 29.4 Å². The Labute approximate surface area is 202 Å². The van der Waals surface area contributed by atoms with E-state index >= 15 is 0 Å². The molecule has 0 radical (unpaired) electrons. The highest BCUT2D eigenvalue weighted by Crippen LogP contribution is 2.34. The molecule has 1 aromatic carbocycles. The number of aromatic amines is 1. The van der Waals surface area contributed by atoms with Gasteiger partial charge >= 0.3 is 6.09 Å². The van der Waals surface area contributed by atoms with Gasteiger partial charge in [0.25, 0.3) is 0 Å². The van der Waals surface area contributed by atoms with Crippen molar-refractivity contribution in [2.45, 2.75) is 38.5 Å². The minimum Gasteiger partial charge on any atom is -0.453 e. The minimum absolute atomic E-state index is 0.124. The molecule has 3 unspecified atom stereocenters. The van der Waals surface area contributed by atoms with E-state index in [1.807, 2.05) is 38.1 Å². The number of nitrogens with zero attached hydrogens (tertiary/aromatic N) is 2. The average molecular weight is 523 g/mol. The number of H-pyrrole nitrogens is 1. The molecule has 2 heterocycles. The molecule has 3 atom stereocenters. The van der Waals surface area contributed by atoms with E-state index in [1.54, 1.807) is 18.2 Å². The van der Waals surface area contributed by atoms with Crippen LogP contribution in [0.1, 0.15) is 32.1 Å². The van der Waals surface area contributed by atoms with E-state index in [0.717, 1.165) is 15.7 Å². The molecule has 10 heteroatoms. The first-order chi connectivity index (χ1) is 15.8. The van der Waals surface area contributed by atoms with Gasteiger partial charge in [0.2, 0.25) is 5.91 Å². The third kappa shape index (κ3) is 6.33. The van der Waals surface area contributed by atoms with E-state index in [0.29, 0.717) is 32.0 Å². The van der Waals surface area contributed by atoms with Crippen molar-refractivity contribution in [2.75, 3.05) is 34.0 Å². The van der Waals surface area contributed by atoms with Crippen LogP contribution in [0.25, 0.3) is 11.3 Å². The number of hydrogen-bond donors (Lipinski definition) is 2. The Hall–Kier alpha value is -2.43. The SMILES string of the molecule is COCCOC1CC(c2ncc(-c3ccc(Br)cc3)[nH]2)N(C(=O)C(NC(=O)OC)C(C)C)C1. The summed E-state index contributed by atoms with van der Waals surface area (Å²) in [6.45, 7) is 5.07. The van der Waals surface area contributed by atoms with Gasteiger partial charge in [0.05, 0.1) is 44.4 Å². The monoisotopic (exact) mass is 522 g/mol. The predicted molar refractivity (Wildman–Crippen MR) is 127 cm³/mol. The summed E-state index contributed by atoms with van der Waals surface area (Å²) in [4.78, 5) is 35.1. The summed E-state index contributed by atoms with van der Waals surface area (Å²) in [6, 6.07) is 6.88. The summed E-state index contributed by atoms with van der Waals surface area (Å²) in [7, 11) is 2.90. The number of methoxy groups -OCH3 is 2. The van der Waals surface area contributed by atoms with Crippen molar-refractivity contribution >= 4 is 27.9 Å². The first-order valence-electron chi connectivity index (χ1n) is 10.9. The van der Waals surface area contributed by atoms with E-state index in [1.165, 1.54) is 7.11 Å². The number of imidazole rings is 1. The lowest BCUT2D eigenvalue weighted by atomic mass is 10.0. The number of ether oxygens (including phenoxy) is 3. The fraction of sp³-hybridized carbons (Fsp3) is 0.522. The zero-order chi connectivity index (χ0) is 24.0. The number of hydrogen-bond acceptors (Lipinski definition) is 6. The van der Waals surface area contributed by atoms with Crippen molar-refractivity contribution < 1.29 is 23.8 Å². The van der Waals surface area contributed by atoms with Crippen LogP contribution in [0.4, 0.5) is 4.79 Å². The first-order valence-corrected chi connectivity index (χ1v) is 11.7. The van der Waals surface area contributed by atoms with Gasteiger partial charge in [-0.1, -0.05) is 41.9 Å². The molecule has 1 saturated heterocycles. The lowest BCUT2D eigenvalue weighted by Crippen LogP contribution is -2.51. The third-order valence-corrected chi connectivity index (χ3v) is 6.17. The van der Waals surface area contributed by atoms with E-state index < -0.39 is 12.1 Å². The summed E-state index contributed by atoms with van der Waals surface area (Å²) < 4.78 is 16.7. The molecule has 2 N–H and O–H groups in total. The number of amides is 2. The van der Waals surface area contributed by atoms with Crippen molar-refractivity contribution in [3.8, 4) is 11.3 Å². The van der Waals surface area contributed by atoms with Crippen LogP contribution in [0.3, 0.4) is 0 Å². The van der Waals surface area contributed by atoms with Gasteiger partial charge in [0.15, 0.2) is 0 Å². The maximum absolute atomic E-state index is 13.5. The van der Waals surface area contributed by atoms with Crippen molar-refractivity contribution in [3.63, 3.8) is 0 Å². The normalized spacial score (nSPS) is 19.0. The van der Waals surface area contributed by atoms with Crippen LogP contribution in [0.15, 0.2) is 34.9 Å². The second kappa shape index (κ2) is 11.6. The van der Waals surface area contributed by atoms with Crippen LogP contribution in [0, 0.1) is 5.92 Å². The molecule has 0 bridgehead atoms. The zero-order valence-electron chi connectivity index (χ0n) is 19.3. The van der Waals surface area contributed by atoms with Gasteiger partial charge in [-0.15, -0.1) is 0 Å². The average Bonchev–Trinajstić information content (AvgIpc) is 3.45. The fourth-order valence-corrected chi connectivity index (χ4v) is 4.14. The van der Waals surface area contributed by atoms with Crippen molar-refractivity contribution in [1.29, 1.82) is 0 Å². The molecule has 180 valence electrons. The van der Waals surface area contributed by atoms with Crippen molar-refractivity contribution in [1.82, 2.24) is 20.2 Å². The quantitative estimate of drug-likeness (QED) is 0.488. The number of likely N-dealkylation sites (tertiary alicyclic amines) is 1. The number of benzene rings is 1. The molecule has 1 aliphatic rings. The fourth-order valence-electron chi connectivity index (χ4n) is 3.88. The van der Waals surface area contributed by atoms with E-state index in [9.17, 15) is 9.59 Å². The minimum atomic E-state index is -0.724. The number of halogens is 1. The highest BCUT2D eigenvalue weighted by atomic mass is 79.9. The van der Waals surface area contributed by atoms with E-state index in [-0.39, 0.29) is 24.0 Å². The molecule has 33 heavy (non-hydrogen) atoms. The topological polar surface area (TPSA) is 106 Å². The molecular formula is C23H31BrN4O5. The number of rotatable bonds is 9. The number of alkyl carbamates (subject to hydrolysis) is 1. The summed E-state index contributed by atoms with van der Waals surface area (Å²) in [5.41, 5.74) is 1.86. The summed E-state index contributed by atoms with van der Waals surface area (Å²) in [5, 5.41) is 2.67. The van der Waals surface area contributed by atoms with Crippen LogP contribution in [-0.2, 0) is 19.0 Å². The Bertz CT molecular complexity index is 933.